The predicted molar refractivity (Wildman–Crippen MR) is 44.1 cm³/mol. The number of nitrogens with one attached hydrogen (secondary N) is 1. The maximum Gasteiger partial charge on any atom is 0.0151 e. The number of thiol groups is 1. The molecule has 1 fully saturated rings. The van der Waals surface area contributed by atoms with Crippen LogP contribution in [0.25, 0.3) is 0 Å². The minimum atomic E-state index is 0.352. The van der Waals surface area contributed by atoms with Crippen molar-refractivity contribution in [2.24, 2.45) is 0 Å². The molecule has 0 aromatic carbocycles. The molecule has 0 aromatic heterocycles. The molecule has 2 heteroatoms. The first-order valence-electron chi connectivity index (χ1n) is 3.70. The van der Waals surface area contributed by atoms with Crippen molar-refractivity contribution >= 4 is 12.6 Å². The zero-order valence-electron chi connectivity index (χ0n) is 5.98. The average Bonchev–Trinajstić information content (AvgIpc) is 1.90. The van der Waals surface area contributed by atoms with E-state index in [2.05, 4.69) is 24.9 Å². The number of rotatable bonds is 1. The second-order valence-corrected chi connectivity index (χ2v) is 3.78. The van der Waals surface area contributed by atoms with E-state index in [1.807, 2.05) is 0 Å². The molecule has 1 aliphatic heterocycles. The van der Waals surface area contributed by atoms with Gasteiger partial charge in [0.2, 0.25) is 0 Å². The Morgan fingerprint density at radius 3 is 2.33 bits per heavy atom. The lowest BCUT2D eigenvalue weighted by molar-refractivity contribution is 0.407. The quantitative estimate of drug-likeness (QED) is 0.532. The molecule has 0 spiro atoms. The van der Waals surface area contributed by atoms with Crippen LogP contribution in [0.2, 0.25) is 0 Å². The van der Waals surface area contributed by atoms with Gasteiger partial charge in [0.05, 0.1) is 0 Å². The van der Waals surface area contributed by atoms with Crippen LogP contribution in [-0.4, -0.2) is 17.8 Å². The Morgan fingerprint density at radius 2 is 2.00 bits per heavy atom. The highest BCUT2D eigenvalue weighted by atomic mass is 32.1. The van der Waals surface area contributed by atoms with Gasteiger partial charge in [-0.05, 0) is 32.4 Å². The van der Waals surface area contributed by atoms with E-state index in [-0.39, 0.29) is 0 Å². The van der Waals surface area contributed by atoms with E-state index in [4.69, 9.17) is 0 Å². The molecule has 1 saturated heterocycles. The van der Waals surface area contributed by atoms with E-state index < -0.39 is 0 Å². The smallest absolute Gasteiger partial charge is 0.0151 e. The van der Waals surface area contributed by atoms with Gasteiger partial charge in [0.1, 0.15) is 0 Å². The van der Waals surface area contributed by atoms with Crippen molar-refractivity contribution in [1.29, 1.82) is 0 Å². The van der Waals surface area contributed by atoms with Crippen LogP contribution in [0.5, 0.6) is 0 Å². The Balaban J connectivity index is 2.37. The second-order valence-electron chi connectivity index (χ2n) is 2.83. The molecule has 0 radical (unpaired) electrons. The van der Waals surface area contributed by atoms with Gasteiger partial charge in [-0.2, -0.15) is 12.6 Å². The first-order chi connectivity index (χ1) is 4.27. The Hall–Kier alpha value is 0.310. The molecule has 1 N–H and O–H groups in total. The predicted octanol–water partition coefficient (Wildman–Crippen LogP) is 1.45. The molecule has 1 nitrogen and oxygen atoms in total. The minimum absolute atomic E-state index is 0.352. The van der Waals surface area contributed by atoms with E-state index >= 15 is 0 Å². The van der Waals surface area contributed by atoms with Crippen molar-refractivity contribution in [1.82, 2.24) is 5.32 Å². The molecule has 9 heavy (non-hydrogen) atoms. The fourth-order valence-corrected chi connectivity index (χ4v) is 1.47. The zero-order chi connectivity index (χ0) is 6.74. The molecule has 0 saturated carbocycles. The zero-order valence-corrected chi connectivity index (χ0v) is 6.88. The lowest BCUT2D eigenvalue weighted by Gasteiger charge is -2.31. The number of hydrogen-bond donors (Lipinski definition) is 2. The van der Waals surface area contributed by atoms with Gasteiger partial charge in [-0.1, -0.05) is 6.92 Å². The summed E-state index contributed by atoms with van der Waals surface area (Å²) in [5, 5.41) is 3.33. The van der Waals surface area contributed by atoms with Crippen molar-refractivity contribution in [2.75, 3.05) is 13.1 Å². The fourth-order valence-electron chi connectivity index (χ4n) is 1.25. The third-order valence-electron chi connectivity index (χ3n) is 2.19. The van der Waals surface area contributed by atoms with Crippen LogP contribution in [-0.2, 0) is 0 Å². The Labute approximate surface area is 62.6 Å². The average molecular weight is 145 g/mol. The summed E-state index contributed by atoms with van der Waals surface area (Å²) in [7, 11) is 0. The molecule has 1 rings (SSSR count). The molecule has 0 atom stereocenters. The molecule has 1 aliphatic rings. The van der Waals surface area contributed by atoms with E-state index in [1.165, 1.54) is 19.3 Å². The van der Waals surface area contributed by atoms with Crippen molar-refractivity contribution in [3.63, 3.8) is 0 Å². The minimum Gasteiger partial charge on any atom is -0.317 e. The summed E-state index contributed by atoms with van der Waals surface area (Å²) in [5.74, 6) is 0. The molecule has 0 amide bonds. The molecule has 0 aliphatic carbocycles. The lowest BCUT2D eigenvalue weighted by atomic mass is 9.94. The third kappa shape index (κ3) is 1.87. The van der Waals surface area contributed by atoms with E-state index in [9.17, 15) is 0 Å². The van der Waals surface area contributed by atoms with Crippen LogP contribution >= 0.6 is 12.6 Å². The van der Waals surface area contributed by atoms with Crippen LogP contribution in [0.1, 0.15) is 26.2 Å². The van der Waals surface area contributed by atoms with Gasteiger partial charge in [-0.3, -0.25) is 0 Å². The highest BCUT2D eigenvalue weighted by Gasteiger charge is 2.24. The maximum atomic E-state index is 4.61. The summed E-state index contributed by atoms with van der Waals surface area (Å²) < 4.78 is 0.352. The SMILES string of the molecule is CCC1(S)CCNCC1. The largest absolute Gasteiger partial charge is 0.317 e. The highest BCUT2D eigenvalue weighted by molar-refractivity contribution is 7.81. The van der Waals surface area contributed by atoms with Gasteiger partial charge in [0.25, 0.3) is 0 Å². The van der Waals surface area contributed by atoms with Gasteiger partial charge in [-0.25, -0.2) is 0 Å². The Bertz CT molecular complexity index is 86.9. The topological polar surface area (TPSA) is 12.0 Å². The van der Waals surface area contributed by atoms with Crippen LogP contribution in [0.4, 0.5) is 0 Å². The Kier molecular flexibility index (Phi) is 2.42. The molecule has 54 valence electrons. The van der Waals surface area contributed by atoms with Gasteiger partial charge >= 0.3 is 0 Å². The van der Waals surface area contributed by atoms with Crippen LogP contribution in [0, 0.1) is 0 Å². The van der Waals surface area contributed by atoms with Gasteiger partial charge in [0.15, 0.2) is 0 Å². The van der Waals surface area contributed by atoms with E-state index in [1.54, 1.807) is 0 Å². The van der Waals surface area contributed by atoms with Crippen LogP contribution in [0.15, 0.2) is 0 Å². The van der Waals surface area contributed by atoms with Crippen molar-refractivity contribution < 1.29 is 0 Å². The lowest BCUT2D eigenvalue weighted by Crippen LogP contribution is -2.37. The van der Waals surface area contributed by atoms with Crippen molar-refractivity contribution in [3.8, 4) is 0 Å². The molecule has 0 unspecified atom stereocenters. The normalized spacial score (nSPS) is 26.0. The summed E-state index contributed by atoms with van der Waals surface area (Å²) in [5.41, 5.74) is 0. The summed E-state index contributed by atoms with van der Waals surface area (Å²) in [6, 6.07) is 0. The van der Waals surface area contributed by atoms with E-state index in [0.717, 1.165) is 13.1 Å². The summed E-state index contributed by atoms with van der Waals surface area (Å²) in [6.07, 6.45) is 3.66. The van der Waals surface area contributed by atoms with E-state index in [0.29, 0.717) is 4.75 Å². The van der Waals surface area contributed by atoms with Crippen LogP contribution in [0.3, 0.4) is 0 Å². The molecule has 0 bridgehead atoms. The second kappa shape index (κ2) is 2.93. The highest BCUT2D eigenvalue weighted by Crippen LogP contribution is 2.28. The first-order valence-corrected chi connectivity index (χ1v) is 4.15. The fraction of sp³-hybridized carbons (Fsp3) is 1.00. The molecule has 0 aromatic rings. The summed E-state index contributed by atoms with van der Waals surface area (Å²) in [6.45, 7) is 4.52. The van der Waals surface area contributed by atoms with Crippen LogP contribution < -0.4 is 5.32 Å². The first kappa shape index (κ1) is 7.42. The molecular weight excluding hydrogens is 130 g/mol. The van der Waals surface area contributed by atoms with Gasteiger partial charge in [-0.15, -0.1) is 0 Å². The van der Waals surface area contributed by atoms with Gasteiger partial charge in [0, 0.05) is 4.75 Å². The number of piperidine rings is 1. The third-order valence-corrected chi connectivity index (χ3v) is 2.96. The van der Waals surface area contributed by atoms with Crippen molar-refractivity contribution in [2.45, 2.75) is 30.9 Å². The Morgan fingerprint density at radius 1 is 1.44 bits per heavy atom. The van der Waals surface area contributed by atoms with Gasteiger partial charge < -0.3 is 5.32 Å². The summed E-state index contributed by atoms with van der Waals surface area (Å²) in [4.78, 5) is 0. The standard InChI is InChI=1S/C7H15NS/c1-2-7(9)3-5-8-6-4-7/h8-9H,2-6H2,1H3. The van der Waals surface area contributed by atoms with Crippen molar-refractivity contribution in [3.05, 3.63) is 0 Å². The summed E-state index contributed by atoms with van der Waals surface area (Å²) >= 11 is 4.61. The number of hydrogen-bond acceptors (Lipinski definition) is 2. The molecular formula is C7H15NS. The molecule has 1 heterocycles. The monoisotopic (exact) mass is 145 g/mol. The maximum absolute atomic E-state index is 4.61.